The van der Waals surface area contributed by atoms with Crippen molar-refractivity contribution in [1.82, 2.24) is 15.1 Å². The van der Waals surface area contributed by atoms with Gasteiger partial charge in [-0.1, -0.05) is 0 Å². The van der Waals surface area contributed by atoms with Crippen LogP contribution in [-0.2, 0) is 21.1 Å². The van der Waals surface area contributed by atoms with Crippen LogP contribution in [0.3, 0.4) is 0 Å². The molecule has 0 amide bonds. The van der Waals surface area contributed by atoms with E-state index in [1.165, 1.54) is 12.5 Å². The highest BCUT2D eigenvalue weighted by molar-refractivity contribution is 7.90. The summed E-state index contributed by atoms with van der Waals surface area (Å²) in [6.45, 7) is 2.21. The van der Waals surface area contributed by atoms with Gasteiger partial charge in [0.05, 0.1) is 19.3 Å². The number of nitrogens with one attached hydrogen (secondary N) is 1. The van der Waals surface area contributed by atoms with Gasteiger partial charge in [-0.15, -0.1) is 0 Å². The topological polar surface area (TPSA) is 73.2 Å². The molecule has 1 aliphatic heterocycles. The van der Waals surface area contributed by atoms with Gasteiger partial charge in [-0.3, -0.25) is 4.68 Å². The van der Waals surface area contributed by atoms with Gasteiger partial charge in [0.25, 0.3) is 0 Å². The third-order valence-electron chi connectivity index (χ3n) is 3.33. The summed E-state index contributed by atoms with van der Waals surface area (Å²) in [6, 6.07) is 0.250. The smallest absolute Gasteiger partial charge is 0.178 e. The number of sulfone groups is 1. The van der Waals surface area contributed by atoms with Crippen molar-refractivity contribution in [2.75, 3.05) is 26.5 Å². The second-order valence-corrected chi connectivity index (χ2v) is 6.70. The maximum Gasteiger partial charge on any atom is 0.178 e. The lowest BCUT2D eigenvalue weighted by Gasteiger charge is -2.21. The number of hydrogen-bond donors (Lipinski definition) is 1. The van der Waals surface area contributed by atoms with Crippen molar-refractivity contribution >= 4 is 9.84 Å². The molecule has 1 aliphatic rings. The molecule has 18 heavy (non-hydrogen) atoms. The van der Waals surface area contributed by atoms with Gasteiger partial charge in [-0.05, 0) is 13.5 Å². The van der Waals surface area contributed by atoms with E-state index in [1.807, 2.05) is 7.05 Å². The molecule has 2 rings (SSSR count). The SMILES string of the molecule is CNC(Cn1cc(S(C)(=O)=O)cn1)C1CCOC1. The summed E-state index contributed by atoms with van der Waals surface area (Å²) in [6.07, 6.45) is 5.20. The molecule has 7 heteroatoms. The molecule has 1 N–H and O–H groups in total. The fourth-order valence-electron chi connectivity index (χ4n) is 2.18. The largest absolute Gasteiger partial charge is 0.381 e. The Balaban J connectivity index is 2.05. The summed E-state index contributed by atoms with van der Waals surface area (Å²) < 4.78 is 29.8. The zero-order valence-electron chi connectivity index (χ0n) is 10.7. The molecule has 0 aromatic carbocycles. The van der Waals surface area contributed by atoms with Crippen LogP contribution in [0.2, 0.25) is 0 Å². The first-order valence-electron chi connectivity index (χ1n) is 5.98. The Morgan fingerprint density at radius 2 is 2.44 bits per heavy atom. The maximum absolute atomic E-state index is 11.4. The minimum absolute atomic E-state index is 0.250. The number of hydrogen-bond acceptors (Lipinski definition) is 5. The van der Waals surface area contributed by atoms with Crippen LogP contribution in [-0.4, -0.2) is 50.8 Å². The molecule has 0 bridgehead atoms. The van der Waals surface area contributed by atoms with Crippen LogP contribution < -0.4 is 5.32 Å². The Hall–Kier alpha value is -0.920. The summed E-state index contributed by atoms with van der Waals surface area (Å²) in [7, 11) is -1.27. The molecule has 1 saturated heterocycles. The zero-order chi connectivity index (χ0) is 13.2. The molecular formula is C11H19N3O3S. The van der Waals surface area contributed by atoms with Crippen molar-refractivity contribution in [1.29, 1.82) is 0 Å². The zero-order valence-corrected chi connectivity index (χ0v) is 11.5. The second-order valence-electron chi connectivity index (χ2n) is 4.69. The average molecular weight is 273 g/mol. The van der Waals surface area contributed by atoms with Crippen LogP contribution in [0.4, 0.5) is 0 Å². The van der Waals surface area contributed by atoms with E-state index in [9.17, 15) is 8.42 Å². The summed E-state index contributed by atoms with van der Waals surface area (Å²) in [5, 5.41) is 7.35. The highest BCUT2D eigenvalue weighted by atomic mass is 32.2. The lowest BCUT2D eigenvalue weighted by Crippen LogP contribution is -2.37. The van der Waals surface area contributed by atoms with Crippen molar-refractivity contribution in [3.05, 3.63) is 12.4 Å². The average Bonchev–Trinajstić information content (AvgIpc) is 2.95. The van der Waals surface area contributed by atoms with Crippen LogP contribution in [0.1, 0.15) is 6.42 Å². The molecular weight excluding hydrogens is 254 g/mol. The van der Waals surface area contributed by atoms with Gasteiger partial charge in [-0.25, -0.2) is 8.42 Å². The summed E-state index contributed by atoms with van der Waals surface area (Å²) in [4.78, 5) is 0.264. The standard InChI is InChI=1S/C11H19N3O3S/c1-12-11(9-3-4-17-8-9)7-14-6-10(5-13-14)18(2,15)16/h5-6,9,11-12H,3-4,7-8H2,1-2H3. The van der Waals surface area contributed by atoms with Crippen LogP contribution in [0.5, 0.6) is 0 Å². The molecule has 1 aromatic heterocycles. The Kier molecular flexibility index (Phi) is 4.04. The third kappa shape index (κ3) is 3.09. The first-order chi connectivity index (χ1) is 8.50. The van der Waals surface area contributed by atoms with Crippen molar-refractivity contribution in [3.63, 3.8) is 0 Å². The van der Waals surface area contributed by atoms with Crippen molar-refractivity contribution in [2.24, 2.45) is 5.92 Å². The molecule has 2 unspecified atom stereocenters. The van der Waals surface area contributed by atoms with Crippen molar-refractivity contribution in [2.45, 2.75) is 23.9 Å². The van der Waals surface area contributed by atoms with Gasteiger partial charge in [0.1, 0.15) is 4.90 Å². The van der Waals surface area contributed by atoms with Gasteiger partial charge in [0.2, 0.25) is 0 Å². The maximum atomic E-state index is 11.4. The molecule has 1 fully saturated rings. The number of nitrogens with zero attached hydrogens (tertiary/aromatic N) is 2. The Morgan fingerprint density at radius 1 is 1.67 bits per heavy atom. The summed E-state index contributed by atoms with van der Waals surface area (Å²) in [5.41, 5.74) is 0. The van der Waals surface area contributed by atoms with E-state index in [0.29, 0.717) is 12.5 Å². The lowest BCUT2D eigenvalue weighted by molar-refractivity contribution is 0.174. The second kappa shape index (κ2) is 5.38. The number of ether oxygens (including phenoxy) is 1. The predicted molar refractivity (Wildman–Crippen MR) is 67.1 cm³/mol. The molecule has 2 atom stereocenters. The molecule has 0 aliphatic carbocycles. The fraction of sp³-hybridized carbons (Fsp3) is 0.727. The van der Waals surface area contributed by atoms with Crippen LogP contribution >= 0.6 is 0 Å². The number of aromatic nitrogens is 2. The molecule has 2 heterocycles. The highest BCUT2D eigenvalue weighted by Crippen LogP contribution is 2.18. The van der Waals surface area contributed by atoms with Crippen LogP contribution in [0.15, 0.2) is 17.3 Å². The first kappa shape index (κ1) is 13.5. The van der Waals surface area contributed by atoms with Crippen LogP contribution in [0.25, 0.3) is 0 Å². The van der Waals surface area contributed by atoms with Gasteiger partial charge >= 0.3 is 0 Å². The number of rotatable bonds is 5. The Labute approximate surface area is 107 Å². The first-order valence-corrected chi connectivity index (χ1v) is 7.87. The van der Waals surface area contributed by atoms with Crippen molar-refractivity contribution in [3.8, 4) is 0 Å². The third-order valence-corrected chi connectivity index (χ3v) is 4.39. The van der Waals surface area contributed by atoms with E-state index in [2.05, 4.69) is 10.4 Å². The highest BCUT2D eigenvalue weighted by Gasteiger charge is 2.25. The summed E-state index contributed by atoms with van der Waals surface area (Å²) in [5.74, 6) is 0.459. The van der Waals surface area contributed by atoms with Gasteiger partial charge in [-0.2, -0.15) is 5.10 Å². The van der Waals surface area contributed by atoms with E-state index in [1.54, 1.807) is 10.9 Å². The van der Waals surface area contributed by atoms with E-state index < -0.39 is 9.84 Å². The summed E-state index contributed by atoms with van der Waals surface area (Å²) >= 11 is 0. The van der Waals surface area contributed by atoms with E-state index >= 15 is 0 Å². The molecule has 0 saturated carbocycles. The normalized spacial score (nSPS) is 22.2. The predicted octanol–water partition coefficient (Wildman–Crippen LogP) is -0.0889. The Bertz CT molecular complexity index is 491. The number of likely N-dealkylation sites (N-methyl/N-ethyl adjacent to an activating group) is 1. The van der Waals surface area contributed by atoms with E-state index in [4.69, 9.17) is 4.74 Å². The molecule has 0 radical (unpaired) electrons. The minimum Gasteiger partial charge on any atom is -0.381 e. The fourth-order valence-corrected chi connectivity index (χ4v) is 2.74. The van der Waals surface area contributed by atoms with E-state index in [-0.39, 0.29) is 10.9 Å². The van der Waals surface area contributed by atoms with E-state index in [0.717, 1.165) is 19.6 Å². The Morgan fingerprint density at radius 3 is 2.94 bits per heavy atom. The monoisotopic (exact) mass is 273 g/mol. The van der Waals surface area contributed by atoms with Gasteiger partial charge in [0.15, 0.2) is 9.84 Å². The molecule has 0 spiro atoms. The van der Waals surface area contributed by atoms with Crippen molar-refractivity contribution < 1.29 is 13.2 Å². The van der Waals surface area contributed by atoms with Crippen LogP contribution in [0, 0.1) is 5.92 Å². The van der Waals surface area contributed by atoms with Gasteiger partial charge < -0.3 is 10.1 Å². The lowest BCUT2D eigenvalue weighted by atomic mass is 9.99. The molecule has 1 aromatic rings. The minimum atomic E-state index is -3.17. The van der Waals surface area contributed by atoms with Gasteiger partial charge in [0, 0.05) is 31.0 Å². The molecule has 6 nitrogen and oxygen atoms in total. The quantitative estimate of drug-likeness (QED) is 0.812. The molecule has 102 valence electrons.